The van der Waals surface area contributed by atoms with Crippen molar-refractivity contribution in [2.24, 2.45) is 10.9 Å². The Morgan fingerprint density at radius 1 is 1.80 bits per heavy atom. The Kier molecular flexibility index (Phi) is 2.33. The van der Waals surface area contributed by atoms with E-state index in [-0.39, 0.29) is 0 Å². The molecule has 0 aliphatic carbocycles. The van der Waals surface area contributed by atoms with Crippen molar-refractivity contribution in [2.45, 2.75) is 0 Å². The van der Waals surface area contributed by atoms with Crippen molar-refractivity contribution in [3.05, 3.63) is 23.8 Å². The second-order valence-electron chi connectivity index (χ2n) is 1.57. The van der Waals surface area contributed by atoms with Crippen molar-refractivity contribution in [2.75, 3.05) is 6.26 Å². The summed E-state index contributed by atoms with van der Waals surface area (Å²) >= 11 is 1.45. The van der Waals surface area contributed by atoms with Gasteiger partial charge in [-0.1, -0.05) is 0 Å². The monoisotopic (exact) mass is 156 g/mol. The molecule has 0 spiro atoms. The van der Waals surface area contributed by atoms with Crippen LogP contribution in [0.2, 0.25) is 0 Å². The summed E-state index contributed by atoms with van der Waals surface area (Å²) in [5, 5.41) is 7.49. The maximum Gasteiger partial charge on any atom is 0.179 e. The lowest BCUT2D eigenvalue weighted by atomic mass is 10.6. The van der Waals surface area contributed by atoms with E-state index in [9.17, 15) is 0 Å². The third kappa shape index (κ3) is 1.30. The highest BCUT2D eigenvalue weighted by molar-refractivity contribution is 7.96. The van der Waals surface area contributed by atoms with Crippen LogP contribution in [0.5, 0.6) is 0 Å². The molecule has 0 atom stereocenters. The van der Waals surface area contributed by atoms with E-state index >= 15 is 0 Å². The molecule has 0 aromatic carbocycles. The summed E-state index contributed by atoms with van der Waals surface area (Å²) in [7, 11) is 0. The summed E-state index contributed by atoms with van der Waals surface area (Å²) in [4.78, 5) is 0. The van der Waals surface area contributed by atoms with Crippen LogP contribution < -0.4 is 11.3 Å². The van der Waals surface area contributed by atoms with Crippen LogP contribution in [0.15, 0.2) is 23.4 Å². The topological polar surface area (TPSA) is 56.2 Å². The summed E-state index contributed by atoms with van der Waals surface area (Å²) in [5.74, 6) is 5.08. The van der Waals surface area contributed by atoms with Gasteiger partial charge in [-0.05, 0) is 24.1 Å². The lowest BCUT2D eigenvalue weighted by Gasteiger charge is -1.96. The molecule has 0 saturated carbocycles. The Morgan fingerprint density at radius 2 is 2.60 bits per heavy atom. The summed E-state index contributed by atoms with van der Waals surface area (Å²) in [6, 6.07) is 3.59. The molecule has 0 bridgehead atoms. The molecule has 0 amide bonds. The van der Waals surface area contributed by atoms with E-state index in [1.165, 1.54) is 11.9 Å². The molecule has 1 heterocycles. The van der Waals surface area contributed by atoms with Gasteiger partial charge in [-0.2, -0.15) is 14.3 Å². The minimum atomic E-state index is 0.662. The second-order valence-corrected chi connectivity index (χ2v) is 2.28. The number of rotatable bonds is 1. The number of aromatic nitrogens is 2. The molecule has 0 radical (unpaired) electrons. The van der Waals surface area contributed by atoms with Crippen LogP contribution in [-0.2, 0) is 0 Å². The molecule has 1 aromatic heterocycles. The average molecular weight is 156 g/mol. The fourth-order valence-corrected chi connectivity index (χ4v) is 1.03. The zero-order valence-corrected chi connectivity index (χ0v) is 6.38. The van der Waals surface area contributed by atoms with Crippen molar-refractivity contribution < 1.29 is 0 Å². The van der Waals surface area contributed by atoms with Gasteiger partial charge in [-0.25, -0.2) is 0 Å². The molecule has 1 aromatic rings. The van der Waals surface area contributed by atoms with E-state index in [1.54, 1.807) is 22.4 Å². The first-order valence-corrected chi connectivity index (χ1v) is 3.89. The van der Waals surface area contributed by atoms with Gasteiger partial charge in [-0.3, -0.25) is 0 Å². The average Bonchev–Trinajstić information content (AvgIpc) is 2.04. The second kappa shape index (κ2) is 3.26. The van der Waals surface area contributed by atoms with Gasteiger partial charge in [0.25, 0.3) is 0 Å². The molecule has 0 aliphatic heterocycles. The summed E-state index contributed by atoms with van der Waals surface area (Å²) in [6.07, 6.45) is 3.59. The van der Waals surface area contributed by atoms with E-state index in [1.807, 2.05) is 6.26 Å². The molecule has 0 aliphatic rings. The van der Waals surface area contributed by atoms with Gasteiger partial charge in [0.1, 0.15) is 0 Å². The lowest BCUT2D eigenvalue weighted by molar-refractivity contribution is 0.869. The SMILES string of the molecule is CSn1nccc/c1=N/N. The van der Waals surface area contributed by atoms with Crippen molar-refractivity contribution >= 4 is 11.9 Å². The Bertz CT molecular complexity index is 266. The van der Waals surface area contributed by atoms with Crippen molar-refractivity contribution in [3.8, 4) is 0 Å². The Labute approximate surface area is 62.9 Å². The fraction of sp³-hybridized carbons (Fsp3) is 0.200. The van der Waals surface area contributed by atoms with E-state index in [0.717, 1.165) is 0 Å². The lowest BCUT2D eigenvalue weighted by Crippen LogP contribution is -2.19. The Morgan fingerprint density at radius 3 is 3.10 bits per heavy atom. The standard InChI is InChI=1S/C5H8N4S/c1-10-9-5(8-6)3-2-4-7-9/h2-4H,6H2,1H3/b8-5-. The predicted molar refractivity (Wildman–Crippen MR) is 40.9 cm³/mol. The van der Waals surface area contributed by atoms with Gasteiger partial charge < -0.3 is 5.84 Å². The van der Waals surface area contributed by atoms with E-state index in [2.05, 4.69) is 10.2 Å². The number of hydrogen-bond donors (Lipinski definition) is 1. The molecule has 10 heavy (non-hydrogen) atoms. The van der Waals surface area contributed by atoms with Gasteiger partial charge in [-0.15, -0.1) is 0 Å². The van der Waals surface area contributed by atoms with Crippen LogP contribution in [0, 0.1) is 0 Å². The third-order valence-corrected chi connectivity index (χ3v) is 1.63. The maximum absolute atomic E-state index is 5.08. The highest BCUT2D eigenvalue weighted by Gasteiger charge is 1.86. The smallest absolute Gasteiger partial charge is 0.179 e. The first-order chi connectivity index (χ1) is 4.88. The highest BCUT2D eigenvalue weighted by atomic mass is 32.2. The molecule has 0 fully saturated rings. The summed E-state index contributed by atoms with van der Waals surface area (Å²) in [5.41, 5.74) is 0.662. The molecule has 2 N–H and O–H groups in total. The van der Waals surface area contributed by atoms with Gasteiger partial charge in [0.05, 0.1) is 0 Å². The summed E-state index contributed by atoms with van der Waals surface area (Å²) in [6.45, 7) is 0. The molecule has 4 nitrogen and oxygen atoms in total. The first kappa shape index (κ1) is 7.14. The van der Waals surface area contributed by atoms with Crippen molar-refractivity contribution in [1.29, 1.82) is 0 Å². The first-order valence-electron chi connectivity index (χ1n) is 2.71. The number of hydrogen-bond acceptors (Lipinski definition) is 4. The number of nitrogens with two attached hydrogens (primary N) is 1. The van der Waals surface area contributed by atoms with Crippen LogP contribution in [0.25, 0.3) is 0 Å². The van der Waals surface area contributed by atoms with Crippen LogP contribution in [0.3, 0.4) is 0 Å². The molecule has 1 rings (SSSR count). The third-order valence-electron chi connectivity index (χ3n) is 1.00. The fourth-order valence-electron chi connectivity index (χ4n) is 0.584. The molecule has 0 saturated heterocycles. The highest BCUT2D eigenvalue weighted by Crippen LogP contribution is 1.88. The predicted octanol–water partition coefficient (Wildman–Crippen LogP) is -0.216. The molecule has 54 valence electrons. The zero-order chi connectivity index (χ0) is 7.40. The molecule has 5 heteroatoms. The van der Waals surface area contributed by atoms with Crippen LogP contribution in [0.4, 0.5) is 0 Å². The van der Waals surface area contributed by atoms with E-state index in [4.69, 9.17) is 5.84 Å². The Balaban J connectivity index is 3.23. The molecular formula is C5H8N4S. The zero-order valence-electron chi connectivity index (χ0n) is 5.56. The van der Waals surface area contributed by atoms with Crippen molar-refractivity contribution in [3.63, 3.8) is 0 Å². The Hall–Kier alpha value is -0.970. The summed E-state index contributed by atoms with van der Waals surface area (Å²) < 4.78 is 1.64. The molecule has 0 unspecified atom stereocenters. The van der Waals surface area contributed by atoms with Gasteiger partial charge >= 0.3 is 0 Å². The number of nitrogens with zero attached hydrogens (tertiary/aromatic N) is 3. The van der Waals surface area contributed by atoms with Gasteiger partial charge in [0.15, 0.2) is 5.49 Å². The van der Waals surface area contributed by atoms with E-state index < -0.39 is 0 Å². The normalized spacial score (nSPS) is 11.9. The van der Waals surface area contributed by atoms with Crippen LogP contribution in [-0.4, -0.2) is 15.4 Å². The molecular weight excluding hydrogens is 148 g/mol. The van der Waals surface area contributed by atoms with Crippen LogP contribution >= 0.6 is 11.9 Å². The minimum absolute atomic E-state index is 0.662. The van der Waals surface area contributed by atoms with Gasteiger partial charge in [0, 0.05) is 12.5 Å². The van der Waals surface area contributed by atoms with Crippen molar-refractivity contribution in [1.82, 2.24) is 9.19 Å². The van der Waals surface area contributed by atoms with Crippen LogP contribution in [0.1, 0.15) is 0 Å². The largest absolute Gasteiger partial charge is 0.321 e. The quantitative estimate of drug-likeness (QED) is 0.452. The minimum Gasteiger partial charge on any atom is -0.321 e. The van der Waals surface area contributed by atoms with Gasteiger partial charge in [0.2, 0.25) is 0 Å². The maximum atomic E-state index is 5.08. The van der Waals surface area contributed by atoms with E-state index in [0.29, 0.717) is 5.49 Å².